The summed E-state index contributed by atoms with van der Waals surface area (Å²) in [4.78, 5) is 21.8. The summed E-state index contributed by atoms with van der Waals surface area (Å²) in [6, 6.07) is 0. The number of nitrogens with zero attached hydrogens (tertiary/aromatic N) is 1. The molecule has 13 heavy (non-hydrogen) atoms. The Labute approximate surface area is 76.2 Å². The highest BCUT2D eigenvalue weighted by atomic mass is 16.4. The molecule has 1 N–H and O–H groups in total. The molecule has 0 aromatic carbocycles. The molecule has 1 unspecified atom stereocenters. The molecule has 1 aliphatic rings. The van der Waals surface area contributed by atoms with Crippen molar-refractivity contribution in [2.24, 2.45) is 0 Å². The highest BCUT2D eigenvalue weighted by Gasteiger charge is 2.57. The molecule has 0 aliphatic carbocycles. The number of carbonyl (C=O) groups is 2. The summed E-state index contributed by atoms with van der Waals surface area (Å²) in [5.41, 5.74) is -1.75. The number of likely N-dealkylation sites (N-methyl/N-ethyl adjacent to an activating group) is 1. The van der Waals surface area contributed by atoms with Gasteiger partial charge in [0.1, 0.15) is 5.97 Å². The third-order valence-corrected chi connectivity index (χ3v) is 2.98. The number of hydrogen-bond acceptors (Lipinski definition) is 3. The molecule has 0 bridgehead atoms. The van der Waals surface area contributed by atoms with Crippen LogP contribution < -0.4 is 5.11 Å². The lowest BCUT2D eigenvalue weighted by Gasteiger charge is -2.40. The van der Waals surface area contributed by atoms with Crippen LogP contribution in [-0.2, 0) is 9.59 Å². The van der Waals surface area contributed by atoms with E-state index in [1.54, 1.807) is 14.1 Å². The van der Waals surface area contributed by atoms with Crippen molar-refractivity contribution < 1.29 is 24.3 Å². The molecular formula is C8H13NO4. The largest absolute Gasteiger partial charge is 0.543 e. The Kier molecular flexibility index (Phi) is 2.07. The van der Waals surface area contributed by atoms with Crippen LogP contribution in [0.2, 0.25) is 0 Å². The normalized spacial score (nSPS) is 31.5. The first-order valence-electron chi connectivity index (χ1n) is 4.12. The van der Waals surface area contributed by atoms with Gasteiger partial charge < -0.3 is 19.5 Å². The van der Waals surface area contributed by atoms with Crippen molar-refractivity contribution in [3.05, 3.63) is 0 Å². The lowest BCUT2D eigenvalue weighted by Crippen LogP contribution is -2.68. The van der Waals surface area contributed by atoms with Gasteiger partial charge in [-0.25, -0.2) is 4.79 Å². The minimum atomic E-state index is -1.75. The van der Waals surface area contributed by atoms with Crippen LogP contribution in [0.15, 0.2) is 0 Å². The van der Waals surface area contributed by atoms with E-state index in [9.17, 15) is 14.7 Å². The van der Waals surface area contributed by atoms with E-state index in [0.29, 0.717) is 13.0 Å². The van der Waals surface area contributed by atoms with Crippen LogP contribution in [0.25, 0.3) is 0 Å². The second-order valence-electron chi connectivity index (χ2n) is 3.97. The zero-order chi connectivity index (χ0) is 10.3. The van der Waals surface area contributed by atoms with Crippen LogP contribution in [0, 0.1) is 0 Å². The quantitative estimate of drug-likeness (QED) is 0.418. The van der Waals surface area contributed by atoms with E-state index in [0.717, 1.165) is 0 Å². The van der Waals surface area contributed by atoms with Crippen LogP contribution in [0.4, 0.5) is 0 Å². The first kappa shape index (κ1) is 9.98. The van der Waals surface area contributed by atoms with Crippen molar-refractivity contribution in [1.29, 1.82) is 0 Å². The summed E-state index contributed by atoms with van der Waals surface area (Å²) in [5.74, 6) is -2.78. The van der Waals surface area contributed by atoms with Crippen molar-refractivity contribution >= 4 is 11.9 Å². The highest BCUT2D eigenvalue weighted by Crippen LogP contribution is 2.33. The summed E-state index contributed by atoms with van der Waals surface area (Å²) >= 11 is 0. The monoisotopic (exact) mass is 187 g/mol. The van der Waals surface area contributed by atoms with E-state index < -0.39 is 17.5 Å². The van der Waals surface area contributed by atoms with E-state index in [4.69, 9.17) is 5.11 Å². The number of carboxylic acids is 2. The lowest BCUT2D eigenvalue weighted by molar-refractivity contribution is -0.912. The molecule has 0 spiro atoms. The molecule has 0 radical (unpaired) electrons. The van der Waals surface area contributed by atoms with E-state index in [1.807, 2.05) is 0 Å². The minimum Gasteiger partial charge on any atom is -0.543 e. The smallest absolute Gasteiger partial charge is 0.372 e. The minimum absolute atomic E-state index is 0.0370. The first-order valence-corrected chi connectivity index (χ1v) is 4.12. The molecule has 0 amide bonds. The zero-order valence-electron chi connectivity index (χ0n) is 7.74. The van der Waals surface area contributed by atoms with Gasteiger partial charge in [-0.15, -0.1) is 0 Å². The maximum Gasteiger partial charge on any atom is 0.372 e. The van der Waals surface area contributed by atoms with Gasteiger partial charge in [-0.3, -0.25) is 0 Å². The fourth-order valence-corrected chi connectivity index (χ4v) is 2.03. The SMILES string of the molecule is C[N+]1(C)CCCC1(C(=O)[O-])C(=O)O. The van der Waals surface area contributed by atoms with E-state index in [1.165, 1.54) is 0 Å². The second-order valence-corrected chi connectivity index (χ2v) is 3.97. The van der Waals surface area contributed by atoms with Gasteiger partial charge in [0.25, 0.3) is 0 Å². The van der Waals surface area contributed by atoms with Gasteiger partial charge in [-0.1, -0.05) is 0 Å². The van der Waals surface area contributed by atoms with Crippen molar-refractivity contribution in [1.82, 2.24) is 0 Å². The second kappa shape index (κ2) is 2.70. The Hall–Kier alpha value is -1.10. The Morgan fingerprint density at radius 1 is 1.46 bits per heavy atom. The van der Waals surface area contributed by atoms with Gasteiger partial charge in [0.2, 0.25) is 5.54 Å². The Morgan fingerprint density at radius 3 is 2.15 bits per heavy atom. The Bertz CT molecular complexity index is 245. The number of carbonyl (C=O) groups excluding carboxylic acids is 1. The van der Waals surface area contributed by atoms with Crippen molar-refractivity contribution in [2.75, 3.05) is 20.6 Å². The fourth-order valence-electron chi connectivity index (χ4n) is 2.03. The Balaban J connectivity index is 3.19. The summed E-state index contributed by atoms with van der Waals surface area (Å²) in [5, 5.41) is 19.8. The summed E-state index contributed by atoms with van der Waals surface area (Å²) in [7, 11) is 3.22. The van der Waals surface area contributed by atoms with Gasteiger partial charge in [0.05, 0.1) is 20.6 Å². The van der Waals surface area contributed by atoms with Crippen LogP contribution in [0.3, 0.4) is 0 Å². The van der Waals surface area contributed by atoms with Gasteiger partial charge in [0, 0.05) is 12.8 Å². The summed E-state index contributed by atoms with van der Waals surface area (Å²) < 4.78 is -0.0370. The molecule has 1 aliphatic heterocycles. The topological polar surface area (TPSA) is 77.4 Å². The highest BCUT2D eigenvalue weighted by molar-refractivity contribution is 6.00. The summed E-state index contributed by atoms with van der Waals surface area (Å²) in [6.07, 6.45) is 0.755. The van der Waals surface area contributed by atoms with Crippen molar-refractivity contribution in [3.63, 3.8) is 0 Å². The van der Waals surface area contributed by atoms with Crippen molar-refractivity contribution in [2.45, 2.75) is 18.4 Å². The number of quaternary nitrogens is 1. The van der Waals surface area contributed by atoms with Gasteiger partial charge in [-0.05, 0) is 0 Å². The third-order valence-electron chi connectivity index (χ3n) is 2.98. The number of carboxylic acid groups (broad SMARTS) is 2. The summed E-state index contributed by atoms with van der Waals surface area (Å²) in [6.45, 7) is 0.556. The standard InChI is InChI=1S/C8H13NO4/c1-9(2)5-3-4-8(9,6(10)11)7(12)13/h3-5H2,1-2H3,(H-,10,11,12,13). The van der Waals surface area contributed by atoms with Gasteiger partial charge in [-0.2, -0.15) is 0 Å². The molecule has 1 heterocycles. The molecule has 0 aromatic heterocycles. The molecule has 0 aromatic rings. The molecule has 74 valence electrons. The van der Waals surface area contributed by atoms with E-state index >= 15 is 0 Å². The molecule has 5 heteroatoms. The maximum absolute atomic E-state index is 10.9. The molecule has 1 fully saturated rings. The molecule has 1 saturated heterocycles. The average molecular weight is 187 g/mol. The van der Waals surface area contributed by atoms with E-state index in [-0.39, 0.29) is 10.9 Å². The van der Waals surface area contributed by atoms with E-state index in [2.05, 4.69) is 0 Å². The van der Waals surface area contributed by atoms with Crippen LogP contribution in [0.5, 0.6) is 0 Å². The number of rotatable bonds is 2. The first-order chi connectivity index (χ1) is 5.84. The van der Waals surface area contributed by atoms with Crippen molar-refractivity contribution in [3.8, 4) is 0 Å². The van der Waals surface area contributed by atoms with Crippen LogP contribution >= 0.6 is 0 Å². The van der Waals surface area contributed by atoms with Crippen LogP contribution in [0.1, 0.15) is 12.8 Å². The van der Waals surface area contributed by atoms with Gasteiger partial charge in [0.15, 0.2) is 0 Å². The predicted octanol–water partition coefficient (Wildman–Crippen LogP) is -1.57. The Morgan fingerprint density at radius 2 is 2.00 bits per heavy atom. The number of aliphatic carboxylic acids is 2. The average Bonchev–Trinajstić information content (AvgIpc) is 2.25. The third kappa shape index (κ3) is 1.11. The number of likely N-dealkylation sites (tertiary alicyclic amines) is 1. The van der Waals surface area contributed by atoms with Gasteiger partial charge >= 0.3 is 5.97 Å². The molecule has 0 saturated carbocycles. The zero-order valence-corrected chi connectivity index (χ0v) is 7.74. The maximum atomic E-state index is 10.9. The molecule has 5 nitrogen and oxygen atoms in total. The van der Waals surface area contributed by atoms with Crippen LogP contribution in [-0.4, -0.2) is 47.7 Å². The fraction of sp³-hybridized carbons (Fsp3) is 0.750. The molecule has 1 atom stereocenters. The molecule has 1 rings (SSSR count). The molecular weight excluding hydrogens is 174 g/mol. The predicted molar refractivity (Wildman–Crippen MR) is 41.6 cm³/mol. The number of hydrogen-bond donors (Lipinski definition) is 1. The lowest BCUT2D eigenvalue weighted by atomic mass is 9.95.